The molecule has 0 amide bonds. The summed E-state index contributed by atoms with van der Waals surface area (Å²) in [6, 6.07) is 3.99. The van der Waals surface area contributed by atoms with Crippen molar-refractivity contribution in [1.82, 2.24) is 9.38 Å². The van der Waals surface area contributed by atoms with Crippen molar-refractivity contribution in [3.63, 3.8) is 0 Å². The summed E-state index contributed by atoms with van der Waals surface area (Å²) in [6.07, 6.45) is 7.04. The molecule has 19 heavy (non-hydrogen) atoms. The number of hydrogen-bond donors (Lipinski definition) is 0. The van der Waals surface area contributed by atoms with Crippen LogP contribution in [0.3, 0.4) is 0 Å². The predicted octanol–water partition coefficient (Wildman–Crippen LogP) is 2.15. The van der Waals surface area contributed by atoms with Gasteiger partial charge in [-0.2, -0.15) is 0 Å². The van der Waals surface area contributed by atoms with Crippen molar-refractivity contribution >= 4 is 15.5 Å². The number of sulfone groups is 1. The Morgan fingerprint density at radius 3 is 3.00 bits per heavy atom. The van der Waals surface area contributed by atoms with Crippen molar-refractivity contribution < 1.29 is 8.42 Å². The van der Waals surface area contributed by atoms with E-state index in [4.69, 9.17) is 0 Å². The summed E-state index contributed by atoms with van der Waals surface area (Å²) in [6.45, 7) is 2.02. The highest BCUT2D eigenvalue weighted by Crippen LogP contribution is 2.23. The first-order valence-corrected chi connectivity index (χ1v) is 8.42. The lowest BCUT2D eigenvalue weighted by atomic mass is 10.1. The second-order valence-electron chi connectivity index (χ2n) is 5.34. The fourth-order valence-corrected chi connectivity index (χ4v) is 4.68. The van der Waals surface area contributed by atoms with Crippen LogP contribution >= 0.6 is 0 Å². The molecule has 0 bridgehead atoms. The summed E-state index contributed by atoms with van der Waals surface area (Å²) in [5.74, 6) is 0.337. The zero-order chi connectivity index (χ0) is 13.5. The average molecular weight is 278 g/mol. The second-order valence-corrected chi connectivity index (χ2v) is 7.74. The Morgan fingerprint density at radius 2 is 2.26 bits per heavy atom. The fourth-order valence-electron chi connectivity index (χ4n) is 2.79. The van der Waals surface area contributed by atoms with Crippen molar-refractivity contribution in [3.8, 4) is 0 Å². The van der Waals surface area contributed by atoms with Gasteiger partial charge in [0.15, 0.2) is 9.84 Å². The van der Waals surface area contributed by atoms with Crippen molar-refractivity contribution in [1.29, 1.82) is 0 Å². The van der Waals surface area contributed by atoms with Crippen LogP contribution in [0.4, 0.5) is 0 Å². The SMILES string of the molecule is Cc1cccn2cc(CC3CCCCS3(=O)=O)nc12. The van der Waals surface area contributed by atoms with Crippen molar-refractivity contribution in [2.75, 3.05) is 5.75 Å². The number of hydrogen-bond acceptors (Lipinski definition) is 3. The van der Waals surface area contributed by atoms with Gasteiger partial charge in [0.05, 0.1) is 16.7 Å². The van der Waals surface area contributed by atoms with Gasteiger partial charge in [-0.05, 0) is 31.4 Å². The minimum absolute atomic E-state index is 0.244. The van der Waals surface area contributed by atoms with Crippen molar-refractivity contribution in [2.45, 2.75) is 37.9 Å². The second kappa shape index (κ2) is 4.63. The maximum atomic E-state index is 12.0. The van der Waals surface area contributed by atoms with Gasteiger partial charge in [-0.3, -0.25) is 0 Å². The number of aromatic nitrogens is 2. The normalized spacial score (nSPS) is 22.7. The molecule has 0 radical (unpaired) electrons. The Balaban J connectivity index is 1.91. The Kier molecular flexibility index (Phi) is 3.09. The number of aryl methyl sites for hydroxylation is 1. The van der Waals surface area contributed by atoms with Gasteiger partial charge in [0.1, 0.15) is 5.65 Å². The summed E-state index contributed by atoms with van der Waals surface area (Å²) in [4.78, 5) is 4.57. The number of pyridine rings is 1. The maximum absolute atomic E-state index is 12.0. The molecule has 1 aliphatic rings. The van der Waals surface area contributed by atoms with Gasteiger partial charge < -0.3 is 4.40 Å². The van der Waals surface area contributed by atoms with E-state index < -0.39 is 9.84 Å². The molecule has 0 aliphatic carbocycles. The quantitative estimate of drug-likeness (QED) is 0.846. The van der Waals surface area contributed by atoms with Crippen LogP contribution < -0.4 is 0 Å². The van der Waals surface area contributed by atoms with Gasteiger partial charge in [0, 0.05) is 18.8 Å². The summed E-state index contributed by atoms with van der Waals surface area (Å²) in [5, 5.41) is -0.244. The lowest BCUT2D eigenvalue weighted by molar-refractivity contribution is 0.536. The highest BCUT2D eigenvalue weighted by atomic mass is 32.2. The Hall–Kier alpha value is -1.36. The van der Waals surface area contributed by atoms with Crippen LogP contribution in [-0.4, -0.2) is 28.8 Å². The molecule has 2 aromatic rings. The first kappa shape index (κ1) is 12.7. The minimum atomic E-state index is -2.92. The smallest absolute Gasteiger partial charge is 0.153 e. The summed E-state index contributed by atoms with van der Waals surface area (Å²) in [7, 11) is -2.92. The first-order chi connectivity index (χ1) is 9.06. The van der Waals surface area contributed by atoms with E-state index in [0.29, 0.717) is 12.2 Å². The zero-order valence-electron chi connectivity index (χ0n) is 11.0. The lowest BCUT2D eigenvalue weighted by Gasteiger charge is -2.21. The van der Waals surface area contributed by atoms with E-state index in [1.54, 1.807) is 0 Å². The molecule has 5 heteroatoms. The molecule has 0 saturated carbocycles. The fraction of sp³-hybridized carbons (Fsp3) is 0.500. The standard InChI is InChI=1S/C14H18N2O2S/c1-11-5-4-7-16-10-12(15-14(11)16)9-13-6-2-3-8-19(13,17)18/h4-5,7,10,13H,2-3,6,8-9H2,1H3. The van der Waals surface area contributed by atoms with E-state index in [9.17, 15) is 8.42 Å². The first-order valence-electron chi connectivity index (χ1n) is 6.71. The molecule has 1 aliphatic heterocycles. The Labute approximate surface area is 113 Å². The molecule has 0 N–H and O–H groups in total. The highest BCUT2D eigenvalue weighted by Gasteiger charge is 2.29. The van der Waals surface area contributed by atoms with E-state index >= 15 is 0 Å². The third kappa shape index (κ3) is 2.39. The van der Waals surface area contributed by atoms with Crippen LogP contribution in [0.2, 0.25) is 0 Å². The Morgan fingerprint density at radius 1 is 1.42 bits per heavy atom. The third-order valence-electron chi connectivity index (χ3n) is 3.88. The molecule has 3 heterocycles. The van der Waals surface area contributed by atoms with E-state index in [2.05, 4.69) is 4.98 Å². The summed E-state index contributed by atoms with van der Waals surface area (Å²) >= 11 is 0. The molecule has 1 atom stereocenters. The number of rotatable bonds is 2. The molecule has 1 fully saturated rings. The monoisotopic (exact) mass is 278 g/mol. The Bertz CT molecular complexity index is 703. The van der Waals surface area contributed by atoms with E-state index in [1.807, 2.05) is 35.9 Å². The van der Waals surface area contributed by atoms with Crippen LogP contribution in [0.1, 0.15) is 30.5 Å². The van der Waals surface area contributed by atoms with Gasteiger partial charge in [0.2, 0.25) is 0 Å². The van der Waals surface area contributed by atoms with Crippen LogP contribution in [0, 0.1) is 6.92 Å². The van der Waals surface area contributed by atoms with Crippen LogP contribution in [-0.2, 0) is 16.3 Å². The molecule has 102 valence electrons. The maximum Gasteiger partial charge on any atom is 0.153 e. The molecule has 4 nitrogen and oxygen atoms in total. The number of nitrogens with zero attached hydrogens (tertiary/aromatic N) is 2. The largest absolute Gasteiger partial charge is 0.307 e. The van der Waals surface area contributed by atoms with Crippen molar-refractivity contribution in [3.05, 3.63) is 35.8 Å². The summed E-state index contributed by atoms with van der Waals surface area (Å²) in [5.41, 5.74) is 2.91. The van der Waals surface area contributed by atoms with Gasteiger partial charge >= 0.3 is 0 Å². The minimum Gasteiger partial charge on any atom is -0.307 e. The molecule has 3 rings (SSSR count). The molecule has 0 spiro atoms. The average Bonchev–Trinajstić information content (AvgIpc) is 2.76. The van der Waals surface area contributed by atoms with E-state index in [0.717, 1.165) is 36.2 Å². The lowest BCUT2D eigenvalue weighted by Crippen LogP contribution is -2.30. The van der Waals surface area contributed by atoms with Gasteiger partial charge in [-0.25, -0.2) is 13.4 Å². The highest BCUT2D eigenvalue weighted by molar-refractivity contribution is 7.92. The molecular formula is C14H18N2O2S. The van der Waals surface area contributed by atoms with Gasteiger partial charge in [0.25, 0.3) is 0 Å². The summed E-state index contributed by atoms with van der Waals surface area (Å²) < 4.78 is 26.0. The molecular weight excluding hydrogens is 260 g/mol. The third-order valence-corrected chi connectivity index (χ3v) is 6.15. The molecule has 2 aromatic heterocycles. The number of imidazole rings is 1. The van der Waals surface area contributed by atoms with Gasteiger partial charge in [-0.15, -0.1) is 0 Å². The predicted molar refractivity (Wildman–Crippen MR) is 75.1 cm³/mol. The van der Waals surface area contributed by atoms with E-state index in [-0.39, 0.29) is 5.25 Å². The zero-order valence-corrected chi connectivity index (χ0v) is 11.9. The van der Waals surface area contributed by atoms with Crippen LogP contribution in [0.15, 0.2) is 24.5 Å². The van der Waals surface area contributed by atoms with Crippen molar-refractivity contribution in [2.24, 2.45) is 0 Å². The van der Waals surface area contributed by atoms with Crippen LogP contribution in [0.25, 0.3) is 5.65 Å². The van der Waals surface area contributed by atoms with E-state index in [1.165, 1.54) is 0 Å². The molecule has 1 unspecified atom stereocenters. The number of fused-ring (bicyclic) bond motifs is 1. The van der Waals surface area contributed by atoms with Crippen LogP contribution in [0.5, 0.6) is 0 Å². The molecule has 1 saturated heterocycles. The topological polar surface area (TPSA) is 51.4 Å². The molecule has 0 aromatic carbocycles. The van der Waals surface area contributed by atoms with Gasteiger partial charge in [-0.1, -0.05) is 12.5 Å².